The van der Waals surface area contributed by atoms with Crippen LogP contribution in [0.1, 0.15) is 48.7 Å². The summed E-state index contributed by atoms with van der Waals surface area (Å²) in [5.74, 6) is 0. The minimum atomic E-state index is -0.454. The smallest absolute Gasteiger partial charge is 0.123 e. The summed E-state index contributed by atoms with van der Waals surface area (Å²) >= 11 is 1.82. The first-order chi connectivity index (χ1) is 10.7. The van der Waals surface area contributed by atoms with Gasteiger partial charge in [0, 0.05) is 23.0 Å². The molecule has 4 heteroatoms. The van der Waals surface area contributed by atoms with Gasteiger partial charge in [-0.05, 0) is 38.5 Å². The quantitative estimate of drug-likeness (QED) is 0.904. The highest BCUT2D eigenvalue weighted by atomic mass is 32.1. The van der Waals surface area contributed by atoms with E-state index in [0.717, 1.165) is 43.7 Å². The second-order valence-electron chi connectivity index (χ2n) is 6.60. The minimum Gasteiger partial charge on any atom is -0.389 e. The number of thiazole rings is 1. The zero-order chi connectivity index (χ0) is 15.0. The van der Waals surface area contributed by atoms with Gasteiger partial charge >= 0.3 is 0 Å². The standard InChI is InChI=1S/C18H22N2OS/c21-18(10-5-11-18)12-19-14-8-4-9-15-16(14)22-17(20-15)13-6-2-1-3-7-13/h1-3,6-7,14,19,21H,4-5,8-12H2. The van der Waals surface area contributed by atoms with Gasteiger partial charge in [0.2, 0.25) is 0 Å². The van der Waals surface area contributed by atoms with Crippen LogP contribution in [0.25, 0.3) is 10.6 Å². The van der Waals surface area contributed by atoms with Gasteiger partial charge in [-0.2, -0.15) is 0 Å². The maximum atomic E-state index is 10.3. The van der Waals surface area contributed by atoms with Crippen LogP contribution in [0, 0.1) is 0 Å². The molecular formula is C18H22N2OS. The summed E-state index contributed by atoms with van der Waals surface area (Å²) < 4.78 is 0. The summed E-state index contributed by atoms with van der Waals surface area (Å²) in [5.41, 5.74) is 2.01. The molecule has 22 heavy (non-hydrogen) atoms. The number of hydrogen-bond acceptors (Lipinski definition) is 4. The lowest BCUT2D eigenvalue weighted by Gasteiger charge is -2.38. The monoisotopic (exact) mass is 314 g/mol. The minimum absolute atomic E-state index is 0.364. The van der Waals surface area contributed by atoms with E-state index in [1.807, 2.05) is 17.4 Å². The highest BCUT2D eigenvalue weighted by molar-refractivity contribution is 7.15. The van der Waals surface area contributed by atoms with Crippen molar-refractivity contribution in [3.63, 3.8) is 0 Å². The van der Waals surface area contributed by atoms with E-state index < -0.39 is 5.60 Å². The number of hydrogen-bond donors (Lipinski definition) is 2. The van der Waals surface area contributed by atoms with Crippen LogP contribution in [0.3, 0.4) is 0 Å². The van der Waals surface area contributed by atoms with Crippen LogP contribution in [0.2, 0.25) is 0 Å². The van der Waals surface area contributed by atoms with Gasteiger partial charge in [0.1, 0.15) is 5.01 Å². The number of rotatable bonds is 4. The Labute approximate surface area is 135 Å². The molecule has 1 fully saturated rings. The van der Waals surface area contributed by atoms with Crippen molar-refractivity contribution in [2.24, 2.45) is 0 Å². The van der Waals surface area contributed by atoms with Gasteiger partial charge in [0.05, 0.1) is 11.3 Å². The summed E-state index contributed by atoms with van der Waals surface area (Å²) in [5, 5.41) is 15.0. The fourth-order valence-electron chi connectivity index (χ4n) is 3.39. The van der Waals surface area contributed by atoms with Crippen molar-refractivity contribution in [1.29, 1.82) is 0 Å². The predicted octanol–water partition coefficient (Wildman–Crippen LogP) is 3.69. The largest absolute Gasteiger partial charge is 0.389 e. The van der Waals surface area contributed by atoms with Gasteiger partial charge in [-0.3, -0.25) is 0 Å². The Morgan fingerprint density at radius 1 is 1.23 bits per heavy atom. The summed E-state index contributed by atoms with van der Waals surface area (Å²) in [6.45, 7) is 0.718. The molecule has 2 aliphatic rings. The average Bonchev–Trinajstić information content (AvgIpc) is 2.96. The van der Waals surface area contributed by atoms with Gasteiger partial charge < -0.3 is 10.4 Å². The third-order valence-electron chi connectivity index (χ3n) is 4.93. The highest BCUT2D eigenvalue weighted by Gasteiger charge is 2.35. The number of aryl methyl sites for hydroxylation is 1. The number of fused-ring (bicyclic) bond motifs is 1. The fraction of sp³-hybridized carbons (Fsp3) is 0.500. The first-order valence-electron chi connectivity index (χ1n) is 8.24. The summed E-state index contributed by atoms with van der Waals surface area (Å²) in [6.07, 6.45) is 6.46. The van der Waals surface area contributed by atoms with Gasteiger partial charge in [-0.1, -0.05) is 30.3 Å². The summed E-state index contributed by atoms with van der Waals surface area (Å²) in [6, 6.07) is 10.8. The Morgan fingerprint density at radius 3 is 2.77 bits per heavy atom. The second-order valence-corrected chi connectivity index (χ2v) is 7.63. The van der Waals surface area contributed by atoms with E-state index in [4.69, 9.17) is 4.98 Å². The number of aromatic nitrogens is 1. The number of nitrogens with one attached hydrogen (secondary N) is 1. The molecule has 1 aromatic carbocycles. The SMILES string of the molecule is OC1(CNC2CCCc3nc(-c4ccccc4)sc32)CCC1. The number of nitrogens with zero attached hydrogens (tertiary/aromatic N) is 1. The first kappa shape index (κ1) is 14.4. The summed E-state index contributed by atoms with van der Waals surface area (Å²) in [7, 11) is 0. The molecule has 0 radical (unpaired) electrons. The van der Waals surface area contributed by atoms with Gasteiger partial charge in [0.15, 0.2) is 0 Å². The number of benzene rings is 1. The lowest BCUT2D eigenvalue weighted by atomic mass is 9.80. The van der Waals surface area contributed by atoms with Crippen LogP contribution in [-0.4, -0.2) is 22.2 Å². The number of aliphatic hydroxyl groups is 1. The van der Waals surface area contributed by atoms with Crippen LogP contribution in [-0.2, 0) is 6.42 Å². The Kier molecular flexibility index (Phi) is 3.76. The molecule has 4 rings (SSSR count). The van der Waals surface area contributed by atoms with Crippen LogP contribution >= 0.6 is 11.3 Å². The van der Waals surface area contributed by atoms with E-state index in [9.17, 15) is 5.11 Å². The molecule has 0 amide bonds. The Morgan fingerprint density at radius 2 is 2.05 bits per heavy atom. The lowest BCUT2D eigenvalue weighted by molar-refractivity contribution is -0.0335. The molecule has 1 atom stereocenters. The summed E-state index contributed by atoms with van der Waals surface area (Å²) in [4.78, 5) is 6.25. The third kappa shape index (κ3) is 2.71. The van der Waals surface area contributed by atoms with Crippen LogP contribution in [0.5, 0.6) is 0 Å². The highest BCUT2D eigenvalue weighted by Crippen LogP contribution is 2.39. The van der Waals surface area contributed by atoms with Crippen molar-refractivity contribution in [2.45, 2.75) is 50.2 Å². The van der Waals surface area contributed by atoms with E-state index in [1.165, 1.54) is 22.6 Å². The van der Waals surface area contributed by atoms with Crippen molar-refractivity contribution < 1.29 is 5.11 Å². The molecule has 2 aliphatic carbocycles. The van der Waals surface area contributed by atoms with Crippen molar-refractivity contribution in [1.82, 2.24) is 10.3 Å². The molecule has 0 spiro atoms. The molecule has 2 N–H and O–H groups in total. The average molecular weight is 314 g/mol. The molecule has 0 bridgehead atoms. The first-order valence-corrected chi connectivity index (χ1v) is 9.06. The Balaban J connectivity index is 1.54. The van der Waals surface area contributed by atoms with E-state index in [1.54, 1.807) is 0 Å². The van der Waals surface area contributed by atoms with E-state index >= 15 is 0 Å². The lowest BCUT2D eigenvalue weighted by Crippen LogP contribution is -2.47. The zero-order valence-corrected chi connectivity index (χ0v) is 13.5. The van der Waals surface area contributed by atoms with E-state index in [0.29, 0.717) is 6.04 Å². The van der Waals surface area contributed by atoms with Crippen molar-refractivity contribution >= 4 is 11.3 Å². The second kappa shape index (κ2) is 5.76. The molecule has 3 nitrogen and oxygen atoms in total. The molecular weight excluding hydrogens is 292 g/mol. The van der Waals surface area contributed by atoms with Crippen molar-refractivity contribution in [3.05, 3.63) is 40.9 Å². The molecule has 1 unspecified atom stereocenters. The van der Waals surface area contributed by atoms with E-state index in [-0.39, 0.29) is 0 Å². The third-order valence-corrected chi connectivity index (χ3v) is 6.19. The fourth-order valence-corrected chi connectivity index (χ4v) is 4.62. The Bertz CT molecular complexity index is 648. The molecule has 0 saturated heterocycles. The molecule has 1 heterocycles. The molecule has 116 valence electrons. The zero-order valence-electron chi connectivity index (χ0n) is 12.7. The van der Waals surface area contributed by atoms with Crippen LogP contribution in [0.15, 0.2) is 30.3 Å². The van der Waals surface area contributed by atoms with Crippen LogP contribution in [0.4, 0.5) is 0 Å². The molecule has 2 aromatic rings. The predicted molar refractivity (Wildman–Crippen MR) is 90.0 cm³/mol. The maximum absolute atomic E-state index is 10.3. The Hall–Kier alpha value is -1.23. The normalized spacial score (nSPS) is 22.9. The van der Waals surface area contributed by atoms with Crippen molar-refractivity contribution in [3.8, 4) is 10.6 Å². The molecule has 1 aromatic heterocycles. The van der Waals surface area contributed by atoms with Crippen molar-refractivity contribution in [2.75, 3.05) is 6.54 Å². The van der Waals surface area contributed by atoms with Crippen LogP contribution < -0.4 is 5.32 Å². The van der Waals surface area contributed by atoms with Gasteiger partial charge in [-0.15, -0.1) is 11.3 Å². The molecule has 1 saturated carbocycles. The topological polar surface area (TPSA) is 45.1 Å². The van der Waals surface area contributed by atoms with E-state index in [2.05, 4.69) is 29.6 Å². The van der Waals surface area contributed by atoms with Gasteiger partial charge in [0.25, 0.3) is 0 Å². The van der Waals surface area contributed by atoms with Gasteiger partial charge in [-0.25, -0.2) is 4.98 Å². The maximum Gasteiger partial charge on any atom is 0.123 e. The molecule has 0 aliphatic heterocycles.